The third-order valence-electron chi connectivity index (χ3n) is 5.20. The Hall–Kier alpha value is -3.63. The number of oxazole rings is 1. The summed E-state index contributed by atoms with van der Waals surface area (Å²) in [6, 6.07) is 4.60. The Labute approximate surface area is 167 Å². The Morgan fingerprint density at radius 2 is 2.13 bits per heavy atom. The van der Waals surface area contributed by atoms with Gasteiger partial charge in [-0.2, -0.15) is 18.3 Å². The number of carbonyl (C=O) groups excluding carboxylic acids is 1. The third kappa shape index (κ3) is 2.77. The number of imidazole rings is 1. The summed E-state index contributed by atoms with van der Waals surface area (Å²) in [7, 11) is 0. The molecule has 0 radical (unpaired) electrons. The van der Waals surface area contributed by atoms with E-state index in [2.05, 4.69) is 20.1 Å². The van der Waals surface area contributed by atoms with Crippen molar-refractivity contribution in [1.29, 1.82) is 0 Å². The number of aryl methyl sites for hydroxylation is 1. The van der Waals surface area contributed by atoms with Crippen LogP contribution in [0.15, 0.2) is 41.4 Å². The van der Waals surface area contributed by atoms with Crippen molar-refractivity contribution in [3.8, 4) is 0 Å². The first-order valence-electron chi connectivity index (χ1n) is 9.13. The van der Waals surface area contributed by atoms with Crippen molar-refractivity contribution in [2.45, 2.75) is 25.6 Å². The minimum atomic E-state index is -4.57. The van der Waals surface area contributed by atoms with Crippen molar-refractivity contribution in [3.63, 3.8) is 0 Å². The molecule has 0 aliphatic carbocycles. The number of pyridine rings is 1. The van der Waals surface area contributed by atoms with Gasteiger partial charge in [-0.25, -0.2) is 14.5 Å². The second-order valence-corrected chi connectivity index (χ2v) is 7.00. The zero-order chi connectivity index (χ0) is 21.0. The maximum atomic E-state index is 13.4. The molecule has 0 aromatic carbocycles. The molecule has 0 bridgehead atoms. The molecule has 0 saturated heterocycles. The number of H-pyrrole nitrogens is 1. The smallest absolute Gasteiger partial charge is 0.433 e. The molecular weight excluding hydrogens is 401 g/mol. The molecular formula is C19H15F3N6O2. The van der Waals surface area contributed by atoms with Gasteiger partial charge in [-0.15, -0.1) is 0 Å². The number of alkyl halides is 3. The second kappa shape index (κ2) is 6.44. The van der Waals surface area contributed by atoms with Gasteiger partial charge in [-0.3, -0.25) is 4.79 Å². The molecule has 0 unspecified atom stereocenters. The van der Waals surface area contributed by atoms with E-state index >= 15 is 0 Å². The summed E-state index contributed by atoms with van der Waals surface area (Å²) >= 11 is 0. The van der Waals surface area contributed by atoms with Crippen LogP contribution >= 0.6 is 0 Å². The van der Waals surface area contributed by atoms with Crippen molar-refractivity contribution in [2.24, 2.45) is 0 Å². The van der Waals surface area contributed by atoms with Crippen LogP contribution in [0, 0.1) is 6.92 Å². The molecule has 1 atom stereocenters. The normalized spacial score (nSPS) is 16.8. The molecule has 0 saturated carbocycles. The highest BCUT2D eigenvalue weighted by Gasteiger charge is 2.39. The molecule has 8 nitrogen and oxygen atoms in total. The van der Waals surface area contributed by atoms with Crippen molar-refractivity contribution in [3.05, 3.63) is 71.2 Å². The predicted octanol–water partition coefficient (Wildman–Crippen LogP) is 3.16. The van der Waals surface area contributed by atoms with Crippen molar-refractivity contribution >= 4 is 11.4 Å². The highest BCUT2D eigenvalue weighted by Crippen LogP contribution is 2.36. The summed E-state index contributed by atoms with van der Waals surface area (Å²) in [5.41, 5.74) is 1.44. The highest BCUT2D eigenvalue weighted by atomic mass is 19.4. The molecule has 4 aromatic heterocycles. The van der Waals surface area contributed by atoms with E-state index in [0.717, 1.165) is 16.3 Å². The topological polar surface area (TPSA) is 92.3 Å². The summed E-state index contributed by atoms with van der Waals surface area (Å²) in [5, 5.41) is 4.22. The van der Waals surface area contributed by atoms with E-state index in [4.69, 9.17) is 4.42 Å². The Morgan fingerprint density at radius 1 is 1.30 bits per heavy atom. The summed E-state index contributed by atoms with van der Waals surface area (Å²) in [6.45, 7) is 1.97. The maximum Gasteiger partial charge on any atom is 0.433 e. The number of aromatic nitrogens is 5. The Kier molecular flexibility index (Phi) is 3.95. The Balaban J connectivity index is 1.66. The van der Waals surface area contributed by atoms with E-state index in [1.807, 2.05) is 0 Å². The molecule has 11 heteroatoms. The molecule has 0 spiro atoms. The number of halogens is 3. The lowest BCUT2D eigenvalue weighted by molar-refractivity contribution is -0.142. The fraction of sp³-hybridized carbons (Fsp3) is 0.263. The first-order valence-corrected chi connectivity index (χ1v) is 9.13. The monoisotopic (exact) mass is 416 g/mol. The highest BCUT2D eigenvalue weighted by molar-refractivity contribution is 5.93. The van der Waals surface area contributed by atoms with Gasteiger partial charge in [-0.1, -0.05) is 6.07 Å². The van der Waals surface area contributed by atoms with Gasteiger partial charge in [0.05, 0.1) is 28.9 Å². The molecule has 30 heavy (non-hydrogen) atoms. The van der Waals surface area contributed by atoms with E-state index in [1.165, 1.54) is 35.8 Å². The van der Waals surface area contributed by atoms with E-state index in [-0.39, 0.29) is 17.0 Å². The van der Waals surface area contributed by atoms with Gasteiger partial charge < -0.3 is 14.3 Å². The fourth-order valence-corrected chi connectivity index (χ4v) is 3.82. The minimum Gasteiger partial charge on any atom is -0.438 e. The largest absolute Gasteiger partial charge is 0.438 e. The molecule has 5 heterocycles. The van der Waals surface area contributed by atoms with Crippen LogP contribution in [-0.4, -0.2) is 41.9 Å². The summed E-state index contributed by atoms with van der Waals surface area (Å²) < 4.78 is 46.4. The van der Waals surface area contributed by atoms with Gasteiger partial charge in [0, 0.05) is 18.7 Å². The van der Waals surface area contributed by atoms with Gasteiger partial charge in [0.2, 0.25) is 5.76 Å². The van der Waals surface area contributed by atoms with Crippen LogP contribution in [-0.2, 0) is 12.6 Å². The number of nitrogens with zero attached hydrogens (tertiary/aromatic N) is 5. The van der Waals surface area contributed by atoms with Gasteiger partial charge in [0.15, 0.2) is 6.39 Å². The lowest BCUT2D eigenvalue weighted by Gasteiger charge is -2.33. The van der Waals surface area contributed by atoms with Crippen LogP contribution in [0.25, 0.3) is 5.52 Å². The van der Waals surface area contributed by atoms with Crippen molar-refractivity contribution in [1.82, 2.24) is 29.5 Å². The van der Waals surface area contributed by atoms with E-state index in [9.17, 15) is 18.0 Å². The van der Waals surface area contributed by atoms with Crippen LogP contribution in [0.2, 0.25) is 0 Å². The lowest BCUT2D eigenvalue weighted by atomic mass is 9.99. The number of carbonyl (C=O) groups is 1. The second-order valence-electron chi connectivity index (χ2n) is 7.00. The van der Waals surface area contributed by atoms with Gasteiger partial charge in [0.1, 0.15) is 11.7 Å². The molecule has 1 aliphatic heterocycles. The third-order valence-corrected chi connectivity index (χ3v) is 5.20. The standard InChI is InChI=1S/C19H15F3N6O2/c1-10-17(30-9-25-10)18(29)27-6-5-12-15(24-8-23-12)16(27)13-7-11-3-2-4-14(19(20,21)22)28(11)26-13/h2-4,7-9,16H,5-6H2,1H3,(H,23,24)/t16-/m1/s1. The fourth-order valence-electron chi connectivity index (χ4n) is 3.82. The maximum absolute atomic E-state index is 13.4. The SMILES string of the molecule is Cc1ncoc1C(=O)N1CCc2[nH]cnc2[C@H]1c1cc2cccc(C(F)(F)F)n2n1. The number of fused-ring (bicyclic) bond motifs is 2. The van der Waals surface area contributed by atoms with E-state index < -0.39 is 23.8 Å². The van der Waals surface area contributed by atoms with Crippen LogP contribution in [0.1, 0.15) is 45.1 Å². The molecule has 4 aromatic rings. The van der Waals surface area contributed by atoms with Crippen LogP contribution in [0.4, 0.5) is 13.2 Å². The quantitative estimate of drug-likeness (QED) is 0.542. The van der Waals surface area contributed by atoms with Crippen LogP contribution in [0.5, 0.6) is 0 Å². The van der Waals surface area contributed by atoms with Gasteiger partial charge >= 0.3 is 6.18 Å². The number of aromatic amines is 1. The zero-order valence-electron chi connectivity index (χ0n) is 15.6. The first-order chi connectivity index (χ1) is 14.3. The summed E-state index contributed by atoms with van der Waals surface area (Å²) in [4.78, 5) is 26.0. The molecule has 5 rings (SSSR count). The number of amides is 1. The van der Waals surface area contributed by atoms with E-state index in [1.54, 1.807) is 6.92 Å². The number of hydrogen-bond donors (Lipinski definition) is 1. The molecule has 0 fully saturated rings. The van der Waals surface area contributed by atoms with Crippen molar-refractivity contribution in [2.75, 3.05) is 6.54 Å². The molecule has 1 N–H and O–H groups in total. The summed E-state index contributed by atoms with van der Waals surface area (Å²) in [6.07, 6.45) is -1.37. The number of rotatable bonds is 2. The Bertz CT molecular complexity index is 1250. The van der Waals surface area contributed by atoms with Crippen LogP contribution in [0.3, 0.4) is 0 Å². The van der Waals surface area contributed by atoms with Crippen LogP contribution < -0.4 is 0 Å². The first kappa shape index (κ1) is 18.4. The molecule has 1 amide bonds. The zero-order valence-corrected chi connectivity index (χ0v) is 15.6. The average molecular weight is 416 g/mol. The van der Waals surface area contributed by atoms with Gasteiger partial charge in [0.25, 0.3) is 5.91 Å². The van der Waals surface area contributed by atoms with Crippen molar-refractivity contribution < 1.29 is 22.4 Å². The minimum absolute atomic E-state index is 0.0822. The summed E-state index contributed by atoms with van der Waals surface area (Å²) in [5.74, 6) is -0.338. The van der Waals surface area contributed by atoms with E-state index in [0.29, 0.717) is 24.4 Å². The predicted molar refractivity (Wildman–Crippen MR) is 96.6 cm³/mol. The average Bonchev–Trinajstić information content (AvgIpc) is 3.43. The number of nitrogens with one attached hydrogen (secondary N) is 1. The Morgan fingerprint density at radius 3 is 2.87 bits per heavy atom. The number of hydrogen-bond acceptors (Lipinski definition) is 5. The van der Waals surface area contributed by atoms with Gasteiger partial charge in [-0.05, 0) is 25.1 Å². The molecule has 1 aliphatic rings. The lowest BCUT2D eigenvalue weighted by Crippen LogP contribution is -2.41. The molecule has 154 valence electrons.